The third kappa shape index (κ3) is 8.07. The van der Waals surface area contributed by atoms with Crippen molar-refractivity contribution in [1.82, 2.24) is 5.32 Å². The van der Waals surface area contributed by atoms with Crippen molar-refractivity contribution >= 4 is 5.91 Å². The number of nitrogens with one attached hydrogen (secondary N) is 1. The minimum Gasteiger partial charge on any atom is -0.347 e. The first-order chi connectivity index (χ1) is 8.97. The molecule has 0 bridgehead atoms. The molecule has 112 valence electrons. The van der Waals surface area contributed by atoms with E-state index in [4.69, 9.17) is 0 Å². The van der Waals surface area contributed by atoms with Crippen molar-refractivity contribution in [1.29, 1.82) is 0 Å². The zero-order chi connectivity index (χ0) is 14.7. The molecule has 0 spiro atoms. The summed E-state index contributed by atoms with van der Waals surface area (Å²) in [7, 11) is 0. The summed E-state index contributed by atoms with van der Waals surface area (Å²) in [6, 6.07) is 0. The Labute approximate surface area is 120 Å². The summed E-state index contributed by atoms with van der Waals surface area (Å²) >= 11 is 0. The second kappa shape index (κ2) is 10.1. The van der Waals surface area contributed by atoms with Crippen LogP contribution in [0.25, 0.3) is 0 Å². The first kappa shape index (κ1) is 18.2. The number of hydrogen-bond donors (Lipinski definition) is 1. The van der Waals surface area contributed by atoms with Crippen molar-refractivity contribution in [2.75, 3.05) is 0 Å². The lowest BCUT2D eigenvalue weighted by Gasteiger charge is -2.35. The van der Waals surface area contributed by atoms with Crippen LogP contribution in [-0.4, -0.2) is 11.4 Å². The number of rotatable bonds is 11. The van der Waals surface area contributed by atoms with E-state index in [1.165, 1.54) is 57.4 Å². The summed E-state index contributed by atoms with van der Waals surface area (Å²) < 4.78 is 0. The molecule has 0 saturated carbocycles. The first-order valence-electron chi connectivity index (χ1n) is 7.92. The predicted octanol–water partition coefficient (Wildman–Crippen LogP) is 4.84. The van der Waals surface area contributed by atoms with Gasteiger partial charge in [-0.3, -0.25) is 4.79 Å². The van der Waals surface area contributed by atoms with Crippen molar-refractivity contribution in [2.24, 2.45) is 5.92 Å². The summed E-state index contributed by atoms with van der Waals surface area (Å²) in [6.07, 6.45) is 11.4. The van der Waals surface area contributed by atoms with Gasteiger partial charge in [-0.2, -0.15) is 0 Å². The average molecular weight is 267 g/mol. The van der Waals surface area contributed by atoms with E-state index in [1.54, 1.807) is 0 Å². The fraction of sp³-hybridized carbons (Fsp3) is 0.824. The van der Waals surface area contributed by atoms with Crippen LogP contribution in [-0.2, 0) is 4.79 Å². The van der Waals surface area contributed by atoms with Crippen molar-refractivity contribution in [3.05, 3.63) is 12.7 Å². The molecule has 0 rings (SSSR count). The normalized spacial score (nSPS) is 11.6. The monoisotopic (exact) mass is 267 g/mol. The molecule has 19 heavy (non-hydrogen) atoms. The molecule has 0 aliphatic heterocycles. The second-order valence-electron chi connectivity index (χ2n) is 6.10. The fourth-order valence-corrected chi connectivity index (χ4v) is 2.62. The third-order valence-electron chi connectivity index (χ3n) is 3.96. The van der Waals surface area contributed by atoms with Gasteiger partial charge in [-0.05, 0) is 38.7 Å². The van der Waals surface area contributed by atoms with E-state index in [0.29, 0.717) is 5.92 Å². The minimum absolute atomic E-state index is 0.0546. The number of hydrogen-bond acceptors (Lipinski definition) is 1. The first-order valence-corrected chi connectivity index (χ1v) is 7.92. The van der Waals surface area contributed by atoms with Gasteiger partial charge in [0.2, 0.25) is 5.91 Å². The lowest BCUT2D eigenvalue weighted by molar-refractivity contribution is -0.118. The Kier molecular flexibility index (Phi) is 9.63. The fourth-order valence-electron chi connectivity index (χ4n) is 2.62. The number of amides is 1. The quantitative estimate of drug-likeness (QED) is 0.421. The van der Waals surface area contributed by atoms with Gasteiger partial charge in [0.05, 0.1) is 0 Å². The highest BCUT2D eigenvalue weighted by atomic mass is 16.1. The number of carbonyl (C=O) groups is 1. The molecule has 0 aromatic heterocycles. The van der Waals surface area contributed by atoms with Gasteiger partial charge in [0, 0.05) is 5.54 Å². The summed E-state index contributed by atoms with van der Waals surface area (Å²) in [5.74, 6) is 0.510. The maximum absolute atomic E-state index is 11.6. The smallest absolute Gasteiger partial charge is 0.243 e. The van der Waals surface area contributed by atoms with E-state index >= 15 is 0 Å². The molecule has 0 unspecified atom stereocenters. The minimum atomic E-state index is -0.132. The van der Waals surface area contributed by atoms with Gasteiger partial charge in [-0.15, -0.1) is 0 Å². The van der Waals surface area contributed by atoms with E-state index in [9.17, 15) is 4.79 Å². The van der Waals surface area contributed by atoms with Crippen molar-refractivity contribution in [3.8, 4) is 0 Å². The van der Waals surface area contributed by atoms with Crippen molar-refractivity contribution < 1.29 is 4.79 Å². The zero-order valence-electron chi connectivity index (χ0n) is 13.4. The summed E-state index contributed by atoms with van der Waals surface area (Å²) in [6.45, 7) is 12.3. The van der Waals surface area contributed by atoms with Gasteiger partial charge in [-0.1, -0.05) is 59.0 Å². The van der Waals surface area contributed by atoms with Gasteiger partial charge in [-0.25, -0.2) is 0 Å². The summed E-state index contributed by atoms with van der Waals surface area (Å²) in [5.41, 5.74) is -0.132. The molecule has 2 heteroatoms. The highest BCUT2D eigenvalue weighted by molar-refractivity contribution is 5.87. The summed E-state index contributed by atoms with van der Waals surface area (Å²) in [4.78, 5) is 11.6. The Bertz CT molecular complexity index is 248. The van der Waals surface area contributed by atoms with E-state index in [1.807, 2.05) is 0 Å². The lowest BCUT2D eigenvalue weighted by atomic mass is 9.80. The SMILES string of the molecule is C=CC(=O)NC(C)(C)C(CCCCC)CCCCC. The van der Waals surface area contributed by atoms with Crippen LogP contribution in [0.4, 0.5) is 0 Å². The zero-order valence-corrected chi connectivity index (χ0v) is 13.4. The van der Waals surface area contributed by atoms with Crippen molar-refractivity contribution in [2.45, 2.75) is 84.6 Å². The Hall–Kier alpha value is -0.790. The van der Waals surface area contributed by atoms with Gasteiger partial charge in [0.25, 0.3) is 0 Å². The van der Waals surface area contributed by atoms with Gasteiger partial charge < -0.3 is 5.32 Å². The highest BCUT2D eigenvalue weighted by Gasteiger charge is 2.29. The van der Waals surface area contributed by atoms with Crippen LogP contribution >= 0.6 is 0 Å². The number of carbonyl (C=O) groups excluding carboxylic acids is 1. The molecule has 0 aliphatic rings. The maximum Gasteiger partial charge on any atom is 0.243 e. The van der Waals surface area contributed by atoms with E-state index in [2.05, 4.69) is 39.6 Å². The molecule has 0 aliphatic carbocycles. The molecule has 2 nitrogen and oxygen atoms in total. The standard InChI is InChI=1S/C17H33NO/c1-6-9-11-13-15(14-12-10-7-2)17(4,5)18-16(19)8-3/h8,15H,3,6-7,9-14H2,1-2,4-5H3,(H,18,19). The molecule has 1 N–H and O–H groups in total. The molecule has 0 saturated heterocycles. The molecule has 0 heterocycles. The average Bonchev–Trinajstić information content (AvgIpc) is 2.36. The molecule has 0 aromatic carbocycles. The third-order valence-corrected chi connectivity index (χ3v) is 3.96. The molecular formula is C17H33NO. The van der Waals surface area contributed by atoms with E-state index in [-0.39, 0.29) is 11.4 Å². The second-order valence-corrected chi connectivity index (χ2v) is 6.10. The maximum atomic E-state index is 11.6. The predicted molar refractivity (Wildman–Crippen MR) is 84.2 cm³/mol. The van der Waals surface area contributed by atoms with Crippen LogP contribution in [0.1, 0.15) is 79.1 Å². The molecule has 0 fully saturated rings. The molecular weight excluding hydrogens is 234 g/mol. The van der Waals surface area contributed by atoms with Crippen LogP contribution in [0.3, 0.4) is 0 Å². The van der Waals surface area contributed by atoms with Crippen LogP contribution in [0, 0.1) is 5.92 Å². The van der Waals surface area contributed by atoms with Gasteiger partial charge >= 0.3 is 0 Å². The van der Waals surface area contributed by atoms with Crippen LogP contribution in [0.2, 0.25) is 0 Å². The van der Waals surface area contributed by atoms with Gasteiger partial charge in [0.15, 0.2) is 0 Å². The Morgan fingerprint density at radius 3 is 1.95 bits per heavy atom. The lowest BCUT2D eigenvalue weighted by Crippen LogP contribution is -2.48. The Morgan fingerprint density at radius 1 is 1.11 bits per heavy atom. The van der Waals surface area contributed by atoms with E-state index in [0.717, 1.165) is 0 Å². The van der Waals surface area contributed by atoms with Crippen molar-refractivity contribution in [3.63, 3.8) is 0 Å². The topological polar surface area (TPSA) is 29.1 Å². The van der Waals surface area contributed by atoms with Crippen LogP contribution < -0.4 is 5.32 Å². The summed E-state index contributed by atoms with van der Waals surface area (Å²) in [5, 5.41) is 3.10. The van der Waals surface area contributed by atoms with Crippen LogP contribution in [0.15, 0.2) is 12.7 Å². The molecule has 0 aromatic rings. The highest BCUT2D eigenvalue weighted by Crippen LogP contribution is 2.28. The largest absolute Gasteiger partial charge is 0.347 e. The molecule has 1 amide bonds. The molecule has 0 atom stereocenters. The molecule has 0 radical (unpaired) electrons. The Morgan fingerprint density at radius 2 is 1.58 bits per heavy atom. The Balaban J connectivity index is 4.48. The van der Waals surface area contributed by atoms with E-state index < -0.39 is 0 Å². The van der Waals surface area contributed by atoms with Crippen LogP contribution in [0.5, 0.6) is 0 Å². The van der Waals surface area contributed by atoms with Gasteiger partial charge in [0.1, 0.15) is 0 Å². The number of unbranched alkanes of at least 4 members (excludes halogenated alkanes) is 4.